The van der Waals surface area contributed by atoms with Gasteiger partial charge < -0.3 is 9.80 Å². The number of nitriles is 1. The normalized spacial score (nSPS) is 19.4. The first-order chi connectivity index (χ1) is 9.13. The molecule has 102 valence electrons. The average molecular weight is 278 g/mol. The SMILES string of the molecule is CN1CCC(CN(C)c2ccc(CCl)cc2C#N)C1. The van der Waals surface area contributed by atoms with Gasteiger partial charge in [-0.05, 0) is 43.6 Å². The molecule has 1 aromatic rings. The fourth-order valence-corrected chi connectivity index (χ4v) is 2.92. The van der Waals surface area contributed by atoms with E-state index in [2.05, 4.69) is 30.0 Å². The standard InChI is InChI=1S/C15H20ClN3/c1-18-6-5-13(10-18)11-19(2)15-4-3-12(8-16)7-14(15)9-17/h3-4,7,13H,5-6,8,10-11H2,1-2H3. The van der Waals surface area contributed by atoms with E-state index in [1.807, 2.05) is 18.2 Å². The van der Waals surface area contributed by atoms with Crippen LogP contribution in [0.2, 0.25) is 0 Å². The molecule has 4 heteroatoms. The van der Waals surface area contributed by atoms with E-state index in [0.717, 1.165) is 24.3 Å². The minimum atomic E-state index is 0.450. The Hall–Kier alpha value is -1.24. The molecule has 1 saturated heterocycles. The highest BCUT2D eigenvalue weighted by molar-refractivity contribution is 6.17. The molecule has 0 bridgehead atoms. The second-order valence-corrected chi connectivity index (χ2v) is 5.66. The van der Waals surface area contributed by atoms with Gasteiger partial charge in [-0.2, -0.15) is 5.26 Å². The van der Waals surface area contributed by atoms with E-state index < -0.39 is 0 Å². The van der Waals surface area contributed by atoms with Gasteiger partial charge in [0.05, 0.1) is 11.3 Å². The van der Waals surface area contributed by atoms with Gasteiger partial charge in [-0.25, -0.2) is 0 Å². The predicted octanol–water partition coefficient (Wildman–Crippen LogP) is 2.68. The number of likely N-dealkylation sites (tertiary alicyclic amines) is 1. The first-order valence-corrected chi connectivity index (χ1v) is 7.16. The van der Waals surface area contributed by atoms with Crippen LogP contribution in [0.4, 0.5) is 5.69 Å². The maximum atomic E-state index is 9.26. The van der Waals surface area contributed by atoms with Crippen molar-refractivity contribution in [3.63, 3.8) is 0 Å². The zero-order valence-corrected chi connectivity index (χ0v) is 12.3. The van der Waals surface area contributed by atoms with E-state index in [4.69, 9.17) is 11.6 Å². The summed E-state index contributed by atoms with van der Waals surface area (Å²) in [7, 11) is 4.23. The van der Waals surface area contributed by atoms with Gasteiger partial charge in [-0.15, -0.1) is 11.6 Å². The second kappa shape index (κ2) is 6.27. The minimum Gasteiger partial charge on any atom is -0.373 e. The summed E-state index contributed by atoms with van der Waals surface area (Å²) in [6, 6.07) is 8.17. The third kappa shape index (κ3) is 3.40. The van der Waals surface area contributed by atoms with E-state index in [1.54, 1.807) is 0 Å². The average Bonchev–Trinajstić information content (AvgIpc) is 2.83. The quantitative estimate of drug-likeness (QED) is 0.793. The topological polar surface area (TPSA) is 30.3 Å². The molecular formula is C15H20ClN3. The van der Waals surface area contributed by atoms with Crippen LogP contribution < -0.4 is 4.90 Å². The summed E-state index contributed by atoms with van der Waals surface area (Å²) >= 11 is 5.81. The van der Waals surface area contributed by atoms with Crippen LogP contribution >= 0.6 is 11.6 Å². The predicted molar refractivity (Wildman–Crippen MR) is 79.6 cm³/mol. The number of rotatable bonds is 4. The molecule has 0 saturated carbocycles. The molecule has 2 rings (SSSR count). The highest BCUT2D eigenvalue weighted by atomic mass is 35.5. The molecule has 3 nitrogen and oxygen atoms in total. The highest BCUT2D eigenvalue weighted by Gasteiger charge is 2.21. The summed E-state index contributed by atoms with van der Waals surface area (Å²) in [6.07, 6.45) is 1.24. The maximum absolute atomic E-state index is 9.26. The Morgan fingerprint density at radius 3 is 2.89 bits per heavy atom. The molecule has 1 aliphatic heterocycles. The van der Waals surface area contributed by atoms with Crippen molar-refractivity contribution in [3.8, 4) is 6.07 Å². The summed E-state index contributed by atoms with van der Waals surface area (Å²) < 4.78 is 0. The van der Waals surface area contributed by atoms with Crippen LogP contribution in [0, 0.1) is 17.2 Å². The lowest BCUT2D eigenvalue weighted by Gasteiger charge is -2.24. The third-order valence-electron chi connectivity index (χ3n) is 3.77. The smallest absolute Gasteiger partial charge is 0.101 e. The molecule has 0 N–H and O–H groups in total. The number of halogens is 1. The van der Waals surface area contributed by atoms with Gasteiger partial charge in [-0.3, -0.25) is 0 Å². The summed E-state index contributed by atoms with van der Waals surface area (Å²) in [4.78, 5) is 4.56. The molecule has 0 aliphatic carbocycles. The van der Waals surface area contributed by atoms with Crippen LogP contribution in [-0.2, 0) is 5.88 Å². The molecule has 1 aliphatic rings. The number of nitrogens with zero attached hydrogens (tertiary/aromatic N) is 3. The third-order valence-corrected chi connectivity index (χ3v) is 4.08. The Balaban J connectivity index is 2.10. The molecule has 0 spiro atoms. The van der Waals surface area contributed by atoms with Crippen molar-refractivity contribution < 1.29 is 0 Å². The number of hydrogen-bond acceptors (Lipinski definition) is 3. The summed E-state index contributed by atoms with van der Waals surface area (Å²) in [5.74, 6) is 1.14. The van der Waals surface area contributed by atoms with Gasteiger partial charge in [0.1, 0.15) is 6.07 Å². The largest absolute Gasteiger partial charge is 0.373 e. The fraction of sp³-hybridized carbons (Fsp3) is 0.533. The van der Waals surface area contributed by atoms with Crippen LogP contribution in [0.25, 0.3) is 0 Å². The molecule has 0 radical (unpaired) electrons. The Bertz CT molecular complexity index is 481. The van der Waals surface area contributed by atoms with E-state index in [1.165, 1.54) is 13.0 Å². The van der Waals surface area contributed by atoms with Crippen molar-refractivity contribution >= 4 is 17.3 Å². The Morgan fingerprint density at radius 1 is 1.53 bits per heavy atom. The lowest BCUT2D eigenvalue weighted by Crippen LogP contribution is -2.27. The molecular weight excluding hydrogens is 258 g/mol. The summed E-state index contributed by atoms with van der Waals surface area (Å²) in [5, 5.41) is 9.26. The first kappa shape index (κ1) is 14.2. The van der Waals surface area contributed by atoms with Crippen molar-refractivity contribution in [3.05, 3.63) is 29.3 Å². The number of alkyl halides is 1. The molecule has 1 unspecified atom stereocenters. The zero-order valence-electron chi connectivity index (χ0n) is 11.6. The van der Waals surface area contributed by atoms with Gasteiger partial charge in [0.15, 0.2) is 0 Å². The molecule has 19 heavy (non-hydrogen) atoms. The highest BCUT2D eigenvalue weighted by Crippen LogP contribution is 2.24. The van der Waals surface area contributed by atoms with E-state index in [9.17, 15) is 5.26 Å². The van der Waals surface area contributed by atoms with E-state index in [0.29, 0.717) is 17.4 Å². The summed E-state index contributed by atoms with van der Waals surface area (Å²) in [5.41, 5.74) is 2.72. The maximum Gasteiger partial charge on any atom is 0.101 e. The van der Waals surface area contributed by atoms with Crippen LogP contribution in [0.15, 0.2) is 18.2 Å². The van der Waals surface area contributed by atoms with Gasteiger partial charge in [0.25, 0.3) is 0 Å². The number of benzene rings is 1. The van der Waals surface area contributed by atoms with Crippen LogP contribution in [0.5, 0.6) is 0 Å². The lowest BCUT2D eigenvalue weighted by molar-refractivity contribution is 0.396. The summed E-state index contributed by atoms with van der Waals surface area (Å²) in [6.45, 7) is 3.32. The number of anilines is 1. The van der Waals surface area contributed by atoms with Gasteiger partial charge in [0, 0.05) is 26.0 Å². The lowest BCUT2D eigenvalue weighted by atomic mass is 10.1. The molecule has 1 fully saturated rings. The molecule has 0 aromatic heterocycles. The molecule has 0 amide bonds. The first-order valence-electron chi connectivity index (χ1n) is 6.62. The van der Waals surface area contributed by atoms with Gasteiger partial charge >= 0.3 is 0 Å². The van der Waals surface area contributed by atoms with Gasteiger partial charge in [-0.1, -0.05) is 6.07 Å². The second-order valence-electron chi connectivity index (χ2n) is 5.39. The molecule has 1 aromatic carbocycles. The molecule has 1 heterocycles. The minimum absolute atomic E-state index is 0.450. The monoisotopic (exact) mass is 277 g/mol. The zero-order chi connectivity index (χ0) is 13.8. The van der Waals surface area contributed by atoms with E-state index >= 15 is 0 Å². The van der Waals surface area contributed by atoms with Crippen LogP contribution in [-0.4, -0.2) is 38.6 Å². The Labute approximate surface area is 120 Å². The van der Waals surface area contributed by atoms with Gasteiger partial charge in [0.2, 0.25) is 0 Å². The fourth-order valence-electron chi connectivity index (χ4n) is 2.75. The number of hydrogen-bond donors (Lipinski definition) is 0. The Kier molecular flexibility index (Phi) is 4.68. The van der Waals surface area contributed by atoms with Crippen molar-refractivity contribution in [2.24, 2.45) is 5.92 Å². The molecule has 1 atom stereocenters. The van der Waals surface area contributed by atoms with Crippen molar-refractivity contribution in [1.29, 1.82) is 5.26 Å². The van der Waals surface area contributed by atoms with Crippen molar-refractivity contribution in [2.45, 2.75) is 12.3 Å². The van der Waals surface area contributed by atoms with Crippen LogP contribution in [0.1, 0.15) is 17.5 Å². The van der Waals surface area contributed by atoms with E-state index in [-0.39, 0.29) is 0 Å². The Morgan fingerprint density at radius 2 is 2.32 bits per heavy atom. The van der Waals surface area contributed by atoms with Crippen molar-refractivity contribution in [1.82, 2.24) is 4.90 Å². The van der Waals surface area contributed by atoms with Crippen LogP contribution in [0.3, 0.4) is 0 Å². The van der Waals surface area contributed by atoms with Crippen molar-refractivity contribution in [2.75, 3.05) is 38.6 Å².